The van der Waals surface area contributed by atoms with Crippen molar-refractivity contribution in [2.45, 2.75) is 10.9 Å². The Morgan fingerprint density at radius 3 is 2.15 bits per heavy atom. The van der Waals surface area contributed by atoms with E-state index in [0.29, 0.717) is 18.8 Å². The molecule has 142 valence electrons. The van der Waals surface area contributed by atoms with Crippen molar-refractivity contribution < 1.29 is 17.5 Å². The third-order valence-electron chi connectivity index (χ3n) is 4.64. The molecule has 0 aliphatic carbocycles. The van der Waals surface area contributed by atoms with E-state index in [9.17, 15) is 18.1 Å². The van der Waals surface area contributed by atoms with Gasteiger partial charge in [-0.05, 0) is 42.0 Å². The highest BCUT2D eigenvalue weighted by molar-refractivity contribution is 7.89. The fourth-order valence-corrected chi connectivity index (χ4v) is 4.53. The van der Waals surface area contributed by atoms with Gasteiger partial charge in [-0.25, -0.2) is 12.8 Å². The molecular weight excluding hydrogens is 369 g/mol. The van der Waals surface area contributed by atoms with E-state index in [4.69, 9.17) is 4.74 Å². The first-order chi connectivity index (χ1) is 13.0. The van der Waals surface area contributed by atoms with Crippen LogP contribution in [0.25, 0.3) is 0 Å². The number of hydrogen-bond acceptors (Lipinski definition) is 5. The predicted molar refractivity (Wildman–Crippen MR) is 98.1 cm³/mol. The normalized spacial score (nSPS) is 17.2. The molecule has 0 saturated carbocycles. The molecule has 1 atom stereocenters. The summed E-state index contributed by atoms with van der Waals surface area (Å²) >= 11 is 0. The monoisotopic (exact) mass is 389 g/mol. The van der Waals surface area contributed by atoms with E-state index in [1.807, 2.05) is 17.0 Å². The molecular formula is C19H20FN3O3S. The van der Waals surface area contributed by atoms with Crippen LogP contribution in [-0.2, 0) is 10.0 Å². The highest BCUT2D eigenvalue weighted by Crippen LogP contribution is 2.25. The zero-order valence-corrected chi connectivity index (χ0v) is 15.7. The van der Waals surface area contributed by atoms with Crippen LogP contribution < -0.4 is 4.74 Å². The minimum Gasteiger partial charge on any atom is -0.497 e. The van der Waals surface area contributed by atoms with Crippen LogP contribution in [0, 0.1) is 17.1 Å². The zero-order chi connectivity index (χ0) is 19.4. The fourth-order valence-electron chi connectivity index (χ4n) is 3.11. The molecule has 0 aromatic heterocycles. The summed E-state index contributed by atoms with van der Waals surface area (Å²) in [7, 11) is -2.09. The molecule has 0 amide bonds. The van der Waals surface area contributed by atoms with Crippen LogP contribution in [0.1, 0.15) is 11.6 Å². The van der Waals surface area contributed by atoms with Crippen molar-refractivity contribution in [3.63, 3.8) is 0 Å². The van der Waals surface area contributed by atoms with Crippen LogP contribution in [0.4, 0.5) is 4.39 Å². The molecule has 1 aliphatic heterocycles. The summed E-state index contributed by atoms with van der Waals surface area (Å²) in [5.41, 5.74) is 0.841. The molecule has 27 heavy (non-hydrogen) atoms. The molecule has 0 N–H and O–H groups in total. The topological polar surface area (TPSA) is 73.6 Å². The molecule has 0 radical (unpaired) electrons. The molecule has 1 fully saturated rings. The van der Waals surface area contributed by atoms with Gasteiger partial charge in [-0.3, -0.25) is 4.90 Å². The Morgan fingerprint density at radius 1 is 1.04 bits per heavy atom. The minimum atomic E-state index is -3.67. The number of nitriles is 1. The zero-order valence-electron chi connectivity index (χ0n) is 14.9. The van der Waals surface area contributed by atoms with Crippen LogP contribution >= 0.6 is 0 Å². The maximum Gasteiger partial charge on any atom is 0.243 e. The highest BCUT2D eigenvalue weighted by Gasteiger charge is 2.31. The second kappa shape index (κ2) is 8.05. The second-order valence-corrected chi connectivity index (χ2v) is 8.14. The van der Waals surface area contributed by atoms with Gasteiger partial charge < -0.3 is 4.74 Å². The van der Waals surface area contributed by atoms with E-state index < -0.39 is 21.9 Å². The van der Waals surface area contributed by atoms with Crippen LogP contribution in [-0.4, -0.2) is 50.9 Å². The molecule has 2 aromatic rings. The summed E-state index contributed by atoms with van der Waals surface area (Å²) in [5, 5.41) is 9.60. The van der Waals surface area contributed by atoms with Crippen molar-refractivity contribution >= 4 is 10.0 Å². The summed E-state index contributed by atoms with van der Waals surface area (Å²) in [6.07, 6.45) is 0. The lowest BCUT2D eigenvalue weighted by molar-refractivity contribution is 0.162. The predicted octanol–water partition coefficient (Wildman–Crippen LogP) is 2.41. The van der Waals surface area contributed by atoms with Gasteiger partial charge in [0.25, 0.3) is 0 Å². The Bertz CT molecular complexity index is 916. The van der Waals surface area contributed by atoms with Crippen molar-refractivity contribution in [1.29, 1.82) is 5.26 Å². The van der Waals surface area contributed by atoms with E-state index >= 15 is 0 Å². The first-order valence-corrected chi connectivity index (χ1v) is 9.93. The van der Waals surface area contributed by atoms with Gasteiger partial charge in [-0.15, -0.1) is 0 Å². The molecule has 0 bridgehead atoms. The molecule has 3 rings (SSSR count). The molecule has 1 saturated heterocycles. The summed E-state index contributed by atoms with van der Waals surface area (Å²) in [4.78, 5) is 2.03. The van der Waals surface area contributed by atoms with Gasteiger partial charge in [0, 0.05) is 26.2 Å². The number of methoxy groups -OCH3 is 1. The third-order valence-corrected chi connectivity index (χ3v) is 6.56. The standard InChI is InChI=1S/C19H20FN3O3S/c1-26-17-6-2-15(3-7-17)19(14-21)22-10-12-23(13-11-22)27(24,25)18-8-4-16(20)5-9-18/h2-9,19H,10-13H2,1H3. The number of rotatable bonds is 5. The number of piperazine rings is 1. The van der Waals surface area contributed by atoms with Gasteiger partial charge in [0.05, 0.1) is 18.1 Å². The first-order valence-electron chi connectivity index (χ1n) is 8.49. The molecule has 6 nitrogen and oxygen atoms in total. The number of ether oxygens (including phenoxy) is 1. The van der Waals surface area contributed by atoms with Crippen LogP contribution in [0.3, 0.4) is 0 Å². The fraction of sp³-hybridized carbons (Fsp3) is 0.316. The van der Waals surface area contributed by atoms with Gasteiger partial charge in [-0.2, -0.15) is 9.57 Å². The largest absolute Gasteiger partial charge is 0.497 e. The van der Waals surface area contributed by atoms with Crippen molar-refractivity contribution in [2.75, 3.05) is 33.3 Å². The van der Waals surface area contributed by atoms with E-state index in [1.54, 1.807) is 19.2 Å². The van der Waals surface area contributed by atoms with Crippen LogP contribution in [0.2, 0.25) is 0 Å². The van der Waals surface area contributed by atoms with E-state index in [1.165, 1.54) is 16.4 Å². The summed E-state index contributed by atoms with van der Waals surface area (Å²) in [6.45, 7) is 1.41. The van der Waals surface area contributed by atoms with Crippen LogP contribution in [0.15, 0.2) is 53.4 Å². The lowest BCUT2D eigenvalue weighted by Crippen LogP contribution is -2.49. The Morgan fingerprint density at radius 2 is 1.63 bits per heavy atom. The molecule has 1 heterocycles. The van der Waals surface area contributed by atoms with Crippen molar-refractivity contribution in [2.24, 2.45) is 0 Å². The molecule has 2 aromatic carbocycles. The Kier molecular flexibility index (Phi) is 5.75. The molecule has 1 unspecified atom stereocenters. The molecule has 0 spiro atoms. The van der Waals surface area contributed by atoms with Crippen molar-refractivity contribution in [3.8, 4) is 11.8 Å². The molecule has 8 heteroatoms. The summed E-state index contributed by atoms with van der Waals surface area (Å²) in [5.74, 6) is 0.237. The second-order valence-electron chi connectivity index (χ2n) is 6.20. The third kappa shape index (κ3) is 4.11. The SMILES string of the molecule is COc1ccc(C(C#N)N2CCN(S(=O)(=O)c3ccc(F)cc3)CC2)cc1. The summed E-state index contributed by atoms with van der Waals surface area (Å²) < 4.78 is 44.9. The van der Waals surface area contributed by atoms with Crippen molar-refractivity contribution in [1.82, 2.24) is 9.21 Å². The Balaban J connectivity index is 1.70. The van der Waals surface area contributed by atoms with Gasteiger partial charge in [0.1, 0.15) is 17.6 Å². The smallest absolute Gasteiger partial charge is 0.243 e. The number of nitrogens with zero attached hydrogens (tertiary/aromatic N) is 3. The summed E-state index contributed by atoms with van der Waals surface area (Å²) in [6, 6.07) is 13.9. The lowest BCUT2D eigenvalue weighted by atomic mass is 10.1. The number of halogens is 1. The Hall–Kier alpha value is -2.47. The van der Waals surface area contributed by atoms with Gasteiger partial charge >= 0.3 is 0 Å². The number of sulfonamides is 1. The van der Waals surface area contributed by atoms with Gasteiger partial charge in [0.2, 0.25) is 10.0 Å². The minimum absolute atomic E-state index is 0.0735. The molecule has 1 aliphatic rings. The van der Waals surface area contributed by atoms with Crippen LogP contribution in [0.5, 0.6) is 5.75 Å². The average Bonchev–Trinajstić information content (AvgIpc) is 2.70. The quantitative estimate of drug-likeness (QED) is 0.785. The Labute approximate surface area is 158 Å². The van der Waals surface area contributed by atoms with Gasteiger partial charge in [-0.1, -0.05) is 12.1 Å². The maximum atomic E-state index is 13.1. The number of benzene rings is 2. The lowest BCUT2D eigenvalue weighted by Gasteiger charge is -2.36. The van der Waals surface area contributed by atoms with Gasteiger partial charge in [0.15, 0.2) is 0 Å². The first kappa shape index (κ1) is 19.3. The highest BCUT2D eigenvalue weighted by atomic mass is 32.2. The average molecular weight is 389 g/mol. The van der Waals surface area contributed by atoms with Crippen molar-refractivity contribution in [3.05, 3.63) is 59.9 Å². The number of hydrogen-bond donors (Lipinski definition) is 0. The van der Waals surface area contributed by atoms with E-state index in [0.717, 1.165) is 17.7 Å². The maximum absolute atomic E-state index is 13.1. The van der Waals surface area contributed by atoms with E-state index in [2.05, 4.69) is 6.07 Å². The van der Waals surface area contributed by atoms with E-state index in [-0.39, 0.29) is 18.0 Å².